The second-order valence-electron chi connectivity index (χ2n) is 4.60. The van der Waals surface area contributed by atoms with Crippen LogP contribution < -0.4 is 5.73 Å². The molecule has 1 heteroatoms. The first-order chi connectivity index (χ1) is 8.24. The van der Waals surface area contributed by atoms with Gasteiger partial charge in [0.25, 0.3) is 0 Å². The van der Waals surface area contributed by atoms with Crippen LogP contribution in [0.5, 0.6) is 0 Å². The summed E-state index contributed by atoms with van der Waals surface area (Å²) in [5, 5.41) is 0. The van der Waals surface area contributed by atoms with Crippen molar-refractivity contribution in [3.05, 3.63) is 59.7 Å². The van der Waals surface area contributed by atoms with Gasteiger partial charge in [-0.15, -0.1) is 0 Å². The fourth-order valence-electron chi connectivity index (χ4n) is 2.21. The lowest BCUT2D eigenvalue weighted by molar-refractivity contribution is 0.868. The summed E-state index contributed by atoms with van der Waals surface area (Å²) in [6.07, 6.45) is 0. The maximum Gasteiger partial charge on any atom is 0.0184 e. The summed E-state index contributed by atoms with van der Waals surface area (Å²) >= 11 is 0. The van der Waals surface area contributed by atoms with Gasteiger partial charge in [-0.1, -0.05) is 62.4 Å². The van der Waals surface area contributed by atoms with Gasteiger partial charge in [0.05, 0.1) is 0 Å². The van der Waals surface area contributed by atoms with E-state index in [0.717, 1.165) is 0 Å². The van der Waals surface area contributed by atoms with Crippen LogP contribution in [-0.4, -0.2) is 0 Å². The Labute approximate surface area is 103 Å². The molecule has 0 aliphatic rings. The second-order valence-corrected chi connectivity index (χ2v) is 4.60. The van der Waals surface area contributed by atoms with Gasteiger partial charge in [0.2, 0.25) is 0 Å². The number of hydrogen-bond donors (Lipinski definition) is 1. The highest BCUT2D eigenvalue weighted by Crippen LogP contribution is 2.31. The third-order valence-electron chi connectivity index (χ3n) is 3.11. The topological polar surface area (TPSA) is 26.0 Å². The molecule has 88 valence electrons. The van der Waals surface area contributed by atoms with Gasteiger partial charge in [-0.3, -0.25) is 0 Å². The van der Waals surface area contributed by atoms with Crippen LogP contribution in [-0.2, 0) is 6.54 Å². The van der Waals surface area contributed by atoms with E-state index in [-0.39, 0.29) is 0 Å². The largest absolute Gasteiger partial charge is 0.326 e. The summed E-state index contributed by atoms with van der Waals surface area (Å²) in [6, 6.07) is 17.0. The minimum Gasteiger partial charge on any atom is -0.326 e. The summed E-state index contributed by atoms with van der Waals surface area (Å²) in [5.41, 5.74) is 11.0. The molecule has 0 heterocycles. The van der Waals surface area contributed by atoms with Gasteiger partial charge in [0.15, 0.2) is 0 Å². The van der Waals surface area contributed by atoms with E-state index in [1.807, 2.05) is 6.07 Å². The lowest BCUT2D eigenvalue weighted by atomic mass is 9.90. The molecule has 0 atom stereocenters. The molecular weight excluding hydrogens is 206 g/mol. The van der Waals surface area contributed by atoms with Gasteiger partial charge in [-0.25, -0.2) is 0 Å². The van der Waals surface area contributed by atoms with Crippen LogP contribution in [0.1, 0.15) is 30.9 Å². The van der Waals surface area contributed by atoms with Crippen LogP contribution in [0.15, 0.2) is 48.5 Å². The molecule has 0 fully saturated rings. The van der Waals surface area contributed by atoms with Crippen LogP contribution >= 0.6 is 0 Å². The summed E-state index contributed by atoms with van der Waals surface area (Å²) in [7, 11) is 0. The van der Waals surface area contributed by atoms with E-state index in [4.69, 9.17) is 5.73 Å². The quantitative estimate of drug-likeness (QED) is 0.841. The SMILES string of the molecule is CC(C)c1ccccc1-c1ccccc1CN. The molecule has 0 bridgehead atoms. The average molecular weight is 225 g/mol. The fraction of sp³-hybridized carbons (Fsp3) is 0.250. The van der Waals surface area contributed by atoms with Crippen molar-refractivity contribution >= 4 is 0 Å². The Balaban J connectivity index is 2.60. The van der Waals surface area contributed by atoms with E-state index in [0.29, 0.717) is 12.5 Å². The third-order valence-corrected chi connectivity index (χ3v) is 3.11. The molecule has 17 heavy (non-hydrogen) atoms. The minimum atomic E-state index is 0.525. The molecule has 0 aliphatic carbocycles. The molecule has 0 amide bonds. The van der Waals surface area contributed by atoms with Gasteiger partial charge in [-0.05, 0) is 28.2 Å². The van der Waals surface area contributed by atoms with E-state index >= 15 is 0 Å². The van der Waals surface area contributed by atoms with Crippen LogP contribution in [0.4, 0.5) is 0 Å². The summed E-state index contributed by atoms with van der Waals surface area (Å²) < 4.78 is 0. The van der Waals surface area contributed by atoms with Crippen molar-refractivity contribution < 1.29 is 0 Å². The highest BCUT2D eigenvalue weighted by Gasteiger charge is 2.09. The van der Waals surface area contributed by atoms with E-state index in [1.54, 1.807) is 0 Å². The van der Waals surface area contributed by atoms with E-state index in [1.165, 1.54) is 22.3 Å². The van der Waals surface area contributed by atoms with Crippen molar-refractivity contribution in [2.75, 3.05) is 0 Å². The number of benzene rings is 2. The molecule has 2 aromatic rings. The average Bonchev–Trinajstić information content (AvgIpc) is 2.38. The van der Waals surface area contributed by atoms with E-state index in [2.05, 4.69) is 56.3 Å². The fourth-order valence-corrected chi connectivity index (χ4v) is 2.21. The Bertz CT molecular complexity index is 500. The second kappa shape index (κ2) is 5.15. The standard InChI is InChI=1S/C16H19N/c1-12(2)14-8-5-6-10-16(14)15-9-4-3-7-13(15)11-17/h3-10,12H,11,17H2,1-2H3. The summed E-state index contributed by atoms with van der Waals surface area (Å²) in [4.78, 5) is 0. The van der Waals surface area contributed by atoms with Crippen LogP contribution in [0, 0.1) is 0 Å². The van der Waals surface area contributed by atoms with Crippen LogP contribution in [0.2, 0.25) is 0 Å². The van der Waals surface area contributed by atoms with Crippen molar-refractivity contribution in [3.63, 3.8) is 0 Å². The zero-order valence-corrected chi connectivity index (χ0v) is 10.5. The highest BCUT2D eigenvalue weighted by atomic mass is 14.5. The minimum absolute atomic E-state index is 0.525. The molecule has 2 aromatic carbocycles. The Morgan fingerprint density at radius 2 is 1.47 bits per heavy atom. The predicted molar refractivity (Wildman–Crippen MR) is 73.9 cm³/mol. The van der Waals surface area contributed by atoms with E-state index in [9.17, 15) is 0 Å². The predicted octanol–water partition coefficient (Wildman–Crippen LogP) is 3.94. The monoisotopic (exact) mass is 225 g/mol. The van der Waals surface area contributed by atoms with Gasteiger partial charge >= 0.3 is 0 Å². The molecule has 2 N–H and O–H groups in total. The summed E-state index contributed by atoms with van der Waals surface area (Å²) in [5.74, 6) is 0.525. The first-order valence-electron chi connectivity index (χ1n) is 6.11. The Hall–Kier alpha value is -1.60. The molecular formula is C16H19N. The summed E-state index contributed by atoms with van der Waals surface area (Å²) in [6.45, 7) is 5.04. The molecule has 0 unspecified atom stereocenters. The zero-order chi connectivity index (χ0) is 12.3. The number of nitrogens with two attached hydrogens (primary N) is 1. The lowest BCUT2D eigenvalue weighted by Gasteiger charge is -2.15. The van der Waals surface area contributed by atoms with Crippen molar-refractivity contribution in [1.82, 2.24) is 0 Å². The van der Waals surface area contributed by atoms with E-state index < -0.39 is 0 Å². The Morgan fingerprint density at radius 3 is 2.12 bits per heavy atom. The maximum absolute atomic E-state index is 5.81. The maximum atomic E-state index is 5.81. The molecule has 2 rings (SSSR count). The third kappa shape index (κ3) is 2.40. The van der Waals surface area contributed by atoms with Crippen molar-refractivity contribution in [2.45, 2.75) is 26.3 Å². The smallest absolute Gasteiger partial charge is 0.0184 e. The lowest BCUT2D eigenvalue weighted by Crippen LogP contribution is -2.00. The molecule has 1 nitrogen and oxygen atoms in total. The normalized spacial score (nSPS) is 10.8. The Morgan fingerprint density at radius 1 is 0.882 bits per heavy atom. The Kier molecular flexibility index (Phi) is 3.60. The van der Waals surface area contributed by atoms with Gasteiger partial charge in [0, 0.05) is 6.54 Å². The molecule has 0 aliphatic heterocycles. The van der Waals surface area contributed by atoms with Gasteiger partial charge < -0.3 is 5.73 Å². The first-order valence-corrected chi connectivity index (χ1v) is 6.11. The van der Waals surface area contributed by atoms with Gasteiger partial charge in [-0.2, -0.15) is 0 Å². The molecule has 0 radical (unpaired) electrons. The molecule has 0 saturated carbocycles. The highest BCUT2D eigenvalue weighted by molar-refractivity contribution is 5.71. The van der Waals surface area contributed by atoms with Gasteiger partial charge in [0.1, 0.15) is 0 Å². The zero-order valence-electron chi connectivity index (χ0n) is 10.5. The first kappa shape index (κ1) is 11.9. The van der Waals surface area contributed by atoms with Crippen molar-refractivity contribution in [1.29, 1.82) is 0 Å². The molecule has 0 aromatic heterocycles. The molecule has 0 spiro atoms. The number of rotatable bonds is 3. The van der Waals surface area contributed by atoms with Crippen LogP contribution in [0.25, 0.3) is 11.1 Å². The van der Waals surface area contributed by atoms with Crippen molar-refractivity contribution in [2.24, 2.45) is 5.73 Å². The van der Waals surface area contributed by atoms with Crippen LogP contribution in [0.3, 0.4) is 0 Å². The van der Waals surface area contributed by atoms with Crippen molar-refractivity contribution in [3.8, 4) is 11.1 Å². The number of hydrogen-bond acceptors (Lipinski definition) is 1. The molecule has 0 saturated heterocycles.